The van der Waals surface area contributed by atoms with Crippen LogP contribution in [0.1, 0.15) is 20.1 Å². The highest BCUT2D eigenvalue weighted by atomic mass is 32.1. The lowest BCUT2D eigenvalue weighted by molar-refractivity contribution is 0.0955. The van der Waals surface area contributed by atoms with Gasteiger partial charge in [0.1, 0.15) is 0 Å². The molecule has 0 fully saturated rings. The first-order chi connectivity index (χ1) is 9.08. The van der Waals surface area contributed by atoms with Gasteiger partial charge in [-0.15, -0.1) is 16.4 Å². The zero-order valence-corrected chi connectivity index (χ0v) is 11.5. The van der Waals surface area contributed by atoms with Crippen molar-refractivity contribution in [1.29, 1.82) is 0 Å². The largest absolute Gasteiger partial charge is 0.382 e. The third-order valence-corrected chi connectivity index (χ3v) is 4.33. The maximum absolute atomic E-state index is 12.5. The fourth-order valence-electron chi connectivity index (χ4n) is 2.03. The van der Waals surface area contributed by atoms with E-state index in [1.807, 2.05) is 44.2 Å². The van der Waals surface area contributed by atoms with Crippen LogP contribution in [-0.4, -0.2) is 15.7 Å². The Labute approximate surface area is 114 Å². The predicted octanol–water partition coefficient (Wildman–Crippen LogP) is 2.99. The number of nitrogens with two attached hydrogens (primary N) is 1. The van der Waals surface area contributed by atoms with E-state index < -0.39 is 0 Å². The number of anilines is 1. The Morgan fingerprint density at radius 1 is 1.32 bits per heavy atom. The first kappa shape index (κ1) is 11.9. The highest BCUT2D eigenvalue weighted by molar-refractivity contribution is 7.14. The van der Waals surface area contributed by atoms with E-state index in [9.17, 15) is 4.79 Å². The second-order valence-electron chi connectivity index (χ2n) is 4.47. The molecule has 0 aliphatic carbocycles. The standard InChI is InChI=1S/C14H13N3OS/c1-8-7-12(19-9(8)2)14(18)17-11-6-4-3-5-10(11)13(15)16-17/h3-7H,1-2H3,(H2,15,16). The van der Waals surface area contributed by atoms with E-state index in [1.165, 1.54) is 16.0 Å². The van der Waals surface area contributed by atoms with Crippen LogP contribution in [0.15, 0.2) is 30.3 Å². The molecule has 1 aromatic carbocycles. The molecule has 3 aromatic rings. The van der Waals surface area contributed by atoms with E-state index in [-0.39, 0.29) is 5.91 Å². The number of nitrogen functional groups attached to an aromatic ring is 1. The molecule has 4 nitrogen and oxygen atoms in total. The molecule has 96 valence electrons. The van der Waals surface area contributed by atoms with Crippen LogP contribution in [0, 0.1) is 13.8 Å². The van der Waals surface area contributed by atoms with Crippen molar-refractivity contribution >= 4 is 34.0 Å². The van der Waals surface area contributed by atoms with Crippen molar-refractivity contribution in [3.05, 3.63) is 45.6 Å². The third kappa shape index (κ3) is 1.82. The van der Waals surface area contributed by atoms with Gasteiger partial charge in [0.15, 0.2) is 5.82 Å². The lowest BCUT2D eigenvalue weighted by Gasteiger charge is -1.98. The van der Waals surface area contributed by atoms with Gasteiger partial charge in [0.2, 0.25) is 0 Å². The van der Waals surface area contributed by atoms with Crippen molar-refractivity contribution in [3.63, 3.8) is 0 Å². The van der Waals surface area contributed by atoms with Crippen molar-refractivity contribution in [2.24, 2.45) is 0 Å². The van der Waals surface area contributed by atoms with Gasteiger partial charge in [-0.3, -0.25) is 4.79 Å². The number of benzene rings is 1. The molecule has 0 saturated heterocycles. The minimum atomic E-state index is -0.130. The molecule has 2 N–H and O–H groups in total. The molecule has 3 rings (SSSR count). The van der Waals surface area contributed by atoms with Gasteiger partial charge in [0, 0.05) is 10.3 Å². The predicted molar refractivity (Wildman–Crippen MR) is 77.7 cm³/mol. The van der Waals surface area contributed by atoms with E-state index in [4.69, 9.17) is 5.73 Å². The molecule has 19 heavy (non-hydrogen) atoms. The molecule has 0 aliphatic heterocycles. The molecule has 0 amide bonds. The summed E-state index contributed by atoms with van der Waals surface area (Å²) in [5.41, 5.74) is 7.71. The first-order valence-electron chi connectivity index (χ1n) is 5.93. The van der Waals surface area contributed by atoms with Gasteiger partial charge in [-0.1, -0.05) is 12.1 Å². The number of carbonyl (C=O) groups is 1. The van der Waals surface area contributed by atoms with Gasteiger partial charge in [0.25, 0.3) is 5.91 Å². The van der Waals surface area contributed by atoms with Crippen molar-refractivity contribution in [2.75, 3.05) is 5.73 Å². The Balaban J connectivity index is 2.17. The summed E-state index contributed by atoms with van der Waals surface area (Å²) >= 11 is 1.48. The first-order valence-corrected chi connectivity index (χ1v) is 6.74. The van der Waals surface area contributed by atoms with Crippen LogP contribution in [-0.2, 0) is 0 Å². The Morgan fingerprint density at radius 2 is 2.05 bits per heavy atom. The summed E-state index contributed by atoms with van der Waals surface area (Å²) in [6.45, 7) is 4.00. The minimum absolute atomic E-state index is 0.130. The van der Waals surface area contributed by atoms with Gasteiger partial charge in [0.05, 0.1) is 10.4 Å². The van der Waals surface area contributed by atoms with Crippen LogP contribution in [0.5, 0.6) is 0 Å². The number of para-hydroxylation sites is 1. The van der Waals surface area contributed by atoms with E-state index in [2.05, 4.69) is 5.10 Å². The molecule has 2 heterocycles. The maximum Gasteiger partial charge on any atom is 0.288 e. The average molecular weight is 271 g/mol. The van der Waals surface area contributed by atoms with E-state index in [1.54, 1.807) is 0 Å². The van der Waals surface area contributed by atoms with Crippen LogP contribution in [0.25, 0.3) is 10.9 Å². The molecule has 0 aliphatic rings. The van der Waals surface area contributed by atoms with Gasteiger partial charge in [-0.2, -0.15) is 4.68 Å². The number of aromatic nitrogens is 2. The SMILES string of the molecule is Cc1cc(C(=O)n2nc(N)c3ccccc32)sc1C. The monoisotopic (exact) mass is 271 g/mol. The van der Waals surface area contributed by atoms with Gasteiger partial charge >= 0.3 is 0 Å². The topological polar surface area (TPSA) is 60.9 Å². The molecule has 0 atom stereocenters. The fourth-order valence-corrected chi connectivity index (χ4v) is 2.99. The Morgan fingerprint density at radius 3 is 2.74 bits per heavy atom. The number of nitrogens with zero attached hydrogens (tertiary/aromatic N) is 2. The van der Waals surface area contributed by atoms with Crippen molar-refractivity contribution < 1.29 is 4.79 Å². The van der Waals surface area contributed by atoms with Crippen LogP contribution in [0.3, 0.4) is 0 Å². The molecule has 5 heteroatoms. The smallest absolute Gasteiger partial charge is 0.288 e. The van der Waals surface area contributed by atoms with Crippen molar-refractivity contribution in [2.45, 2.75) is 13.8 Å². The summed E-state index contributed by atoms with van der Waals surface area (Å²) in [7, 11) is 0. The van der Waals surface area contributed by atoms with Crippen molar-refractivity contribution in [1.82, 2.24) is 9.78 Å². The molecule has 0 spiro atoms. The number of rotatable bonds is 1. The molecule has 0 unspecified atom stereocenters. The van der Waals surface area contributed by atoms with Gasteiger partial charge in [-0.25, -0.2) is 0 Å². The number of thiophene rings is 1. The van der Waals surface area contributed by atoms with Crippen molar-refractivity contribution in [3.8, 4) is 0 Å². The summed E-state index contributed by atoms with van der Waals surface area (Å²) in [6.07, 6.45) is 0. The second-order valence-corrected chi connectivity index (χ2v) is 5.73. The third-order valence-electron chi connectivity index (χ3n) is 3.19. The fraction of sp³-hybridized carbons (Fsp3) is 0.143. The van der Waals surface area contributed by atoms with Crippen LogP contribution in [0.4, 0.5) is 5.82 Å². The van der Waals surface area contributed by atoms with E-state index >= 15 is 0 Å². The number of carbonyl (C=O) groups excluding carboxylic acids is 1. The zero-order valence-electron chi connectivity index (χ0n) is 10.7. The molecule has 0 bridgehead atoms. The lowest BCUT2D eigenvalue weighted by atomic mass is 10.2. The number of hydrogen-bond donors (Lipinski definition) is 1. The highest BCUT2D eigenvalue weighted by Gasteiger charge is 2.17. The minimum Gasteiger partial charge on any atom is -0.382 e. The summed E-state index contributed by atoms with van der Waals surface area (Å²) in [4.78, 5) is 14.3. The highest BCUT2D eigenvalue weighted by Crippen LogP contribution is 2.25. The van der Waals surface area contributed by atoms with Crippen LogP contribution < -0.4 is 5.73 Å². The quantitative estimate of drug-likeness (QED) is 0.740. The summed E-state index contributed by atoms with van der Waals surface area (Å²) < 4.78 is 1.38. The Kier molecular flexibility index (Phi) is 2.64. The molecule has 0 saturated carbocycles. The average Bonchev–Trinajstić information content (AvgIpc) is 2.91. The summed E-state index contributed by atoms with van der Waals surface area (Å²) in [6, 6.07) is 9.37. The normalized spacial score (nSPS) is 11.1. The molecule has 2 aromatic heterocycles. The molecular weight excluding hydrogens is 258 g/mol. The van der Waals surface area contributed by atoms with E-state index in [0.717, 1.165) is 21.3 Å². The zero-order chi connectivity index (χ0) is 13.6. The molecular formula is C14H13N3OS. The van der Waals surface area contributed by atoms with Gasteiger partial charge in [-0.05, 0) is 37.6 Å². The Hall–Kier alpha value is -2.14. The number of hydrogen-bond acceptors (Lipinski definition) is 4. The van der Waals surface area contributed by atoms with Crippen LogP contribution in [0.2, 0.25) is 0 Å². The Bertz CT molecular complexity index is 766. The molecule has 0 radical (unpaired) electrons. The lowest BCUT2D eigenvalue weighted by Crippen LogP contribution is -2.12. The van der Waals surface area contributed by atoms with E-state index in [0.29, 0.717) is 10.7 Å². The second kappa shape index (κ2) is 4.20. The summed E-state index contributed by atoms with van der Waals surface area (Å²) in [5.74, 6) is 0.253. The van der Waals surface area contributed by atoms with Crippen LogP contribution >= 0.6 is 11.3 Å². The summed E-state index contributed by atoms with van der Waals surface area (Å²) in [5, 5.41) is 4.96. The van der Waals surface area contributed by atoms with Gasteiger partial charge < -0.3 is 5.73 Å². The maximum atomic E-state index is 12.5. The number of fused-ring (bicyclic) bond motifs is 1. The number of aryl methyl sites for hydroxylation is 2.